The highest BCUT2D eigenvalue weighted by Gasteiger charge is 2.39. The van der Waals surface area contributed by atoms with Crippen LogP contribution in [0.3, 0.4) is 0 Å². The van der Waals surface area contributed by atoms with Gasteiger partial charge in [-0.05, 0) is 68.1 Å². The van der Waals surface area contributed by atoms with Crippen LogP contribution in [0.5, 0.6) is 5.88 Å². The minimum Gasteiger partial charge on any atom is -0.481 e. The van der Waals surface area contributed by atoms with Gasteiger partial charge in [-0.2, -0.15) is 0 Å². The third kappa shape index (κ3) is 8.87. The first kappa shape index (κ1) is 34.0. The lowest BCUT2D eigenvalue weighted by Gasteiger charge is -2.39. The quantitative estimate of drug-likeness (QED) is 0.250. The van der Waals surface area contributed by atoms with Crippen molar-refractivity contribution >= 4 is 26.2 Å². The molecule has 0 fully saturated rings. The largest absolute Gasteiger partial charge is 0.481 e. The lowest BCUT2D eigenvalue weighted by atomic mass is 9.87. The van der Waals surface area contributed by atoms with Crippen LogP contribution in [-0.4, -0.2) is 61.6 Å². The Morgan fingerprint density at radius 1 is 0.951 bits per heavy atom. The average Bonchev–Trinajstić information content (AvgIpc) is 2.83. The van der Waals surface area contributed by atoms with Crippen molar-refractivity contribution in [2.24, 2.45) is 5.41 Å². The number of nitrogens with zero attached hydrogens (tertiary/aromatic N) is 1. The third-order valence-corrected chi connectivity index (χ3v) is 11.7. The highest BCUT2D eigenvalue weighted by atomic mass is 28.4. The van der Waals surface area contributed by atoms with Crippen molar-refractivity contribution < 1.29 is 33.4 Å². The van der Waals surface area contributed by atoms with Crippen LogP contribution < -0.4 is 10.1 Å². The van der Waals surface area contributed by atoms with Crippen molar-refractivity contribution in [3.05, 3.63) is 47.2 Å². The standard InChI is InChI=1S/C31H46N2O7Si/c1-29(2,3)23(18-39-41(11,12)31(7,8)9)32-26(34)19-13-14-20(22(17-19)28(37)40-30(4,5)6)21-15-16-24(38-10)33-25(21)27(35)36/h13-17,23H,18H2,1-12H3,(H,32,34)(H,35,36)/t23-/m1/s1. The summed E-state index contributed by atoms with van der Waals surface area (Å²) in [5, 5.41) is 12.9. The lowest BCUT2D eigenvalue weighted by molar-refractivity contribution is 0.00700. The van der Waals surface area contributed by atoms with Crippen LogP contribution in [0.1, 0.15) is 93.5 Å². The number of carboxylic acid groups (broad SMARTS) is 1. The Morgan fingerprint density at radius 2 is 1.54 bits per heavy atom. The molecular formula is C31H46N2O7Si. The molecule has 0 aliphatic heterocycles. The molecule has 0 saturated heterocycles. The van der Waals surface area contributed by atoms with E-state index >= 15 is 0 Å². The van der Waals surface area contributed by atoms with Gasteiger partial charge in [0.1, 0.15) is 5.60 Å². The van der Waals surface area contributed by atoms with Gasteiger partial charge in [-0.3, -0.25) is 4.79 Å². The summed E-state index contributed by atoms with van der Waals surface area (Å²) in [4.78, 5) is 43.0. The smallest absolute Gasteiger partial charge is 0.355 e. The molecule has 0 spiro atoms. The molecule has 2 N–H and O–H groups in total. The van der Waals surface area contributed by atoms with Crippen molar-refractivity contribution in [3.63, 3.8) is 0 Å². The van der Waals surface area contributed by atoms with Crippen molar-refractivity contribution in [3.8, 4) is 17.0 Å². The summed E-state index contributed by atoms with van der Waals surface area (Å²) in [6.07, 6.45) is 0. The molecule has 1 aromatic carbocycles. The Kier molecular flexibility index (Phi) is 10.2. The number of nitrogens with one attached hydrogen (secondary N) is 1. The van der Waals surface area contributed by atoms with E-state index < -0.39 is 25.9 Å². The van der Waals surface area contributed by atoms with Gasteiger partial charge in [-0.25, -0.2) is 14.6 Å². The Labute approximate surface area is 245 Å². The Hall–Kier alpha value is -3.24. The number of rotatable bonds is 9. The first-order valence-corrected chi connectivity index (χ1v) is 16.6. The van der Waals surface area contributed by atoms with E-state index in [0.717, 1.165) is 0 Å². The van der Waals surface area contributed by atoms with Crippen LogP contribution in [0.4, 0.5) is 0 Å². The summed E-state index contributed by atoms with van der Waals surface area (Å²) in [5.41, 5.74) is -0.669. The van der Waals surface area contributed by atoms with E-state index in [-0.39, 0.29) is 56.2 Å². The number of hydrogen-bond donors (Lipinski definition) is 2. The number of hydrogen-bond acceptors (Lipinski definition) is 7. The topological polar surface area (TPSA) is 124 Å². The molecular weight excluding hydrogens is 540 g/mol. The van der Waals surface area contributed by atoms with Crippen molar-refractivity contribution in [2.45, 2.75) is 92.1 Å². The predicted molar refractivity (Wildman–Crippen MR) is 162 cm³/mol. The molecule has 2 rings (SSSR count). The molecule has 1 amide bonds. The fourth-order valence-electron chi connectivity index (χ4n) is 3.62. The fraction of sp³-hybridized carbons (Fsp3) is 0.548. The maximum absolute atomic E-state index is 13.6. The van der Waals surface area contributed by atoms with E-state index in [2.05, 4.69) is 44.2 Å². The monoisotopic (exact) mass is 586 g/mol. The molecule has 1 heterocycles. The van der Waals surface area contributed by atoms with Gasteiger partial charge in [0.25, 0.3) is 5.91 Å². The van der Waals surface area contributed by atoms with E-state index in [9.17, 15) is 19.5 Å². The van der Waals surface area contributed by atoms with Gasteiger partial charge >= 0.3 is 11.9 Å². The second-order valence-corrected chi connectivity index (χ2v) is 18.6. The number of methoxy groups -OCH3 is 1. The molecule has 0 aliphatic rings. The van der Waals surface area contributed by atoms with E-state index in [1.807, 2.05) is 20.8 Å². The van der Waals surface area contributed by atoms with Gasteiger partial charge < -0.3 is 24.3 Å². The average molecular weight is 587 g/mol. The van der Waals surface area contributed by atoms with Gasteiger partial charge in [0.15, 0.2) is 14.0 Å². The second kappa shape index (κ2) is 12.3. The highest BCUT2D eigenvalue weighted by Crippen LogP contribution is 2.37. The second-order valence-electron chi connectivity index (χ2n) is 13.8. The Morgan fingerprint density at radius 3 is 2.02 bits per heavy atom. The maximum Gasteiger partial charge on any atom is 0.355 e. The Bertz CT molecular complexity index is 1280. The molecule has 41 heavy (non-hydrogen) atoms. The van der Waals surface area contributed by atoms with Crippen molar-refractivity contribution in [1.82, 2.24) is 10.3 Å². The summed E-state index contributed by atoms with van der Waals surface area (Å²) in [6, 6.07) is 7.26. The number of carbonyl (C=O) groups excluding carboxylic acids is 2. The van der Waals surface area contributed by atoms with Gasteiger partial charge in [0, 0.05) is 17.2 Å². The molecule has 1 atom stereocenters. The lowest BCUT2D eigenvalue weighted by Crippen LogP contribution is -2.51. The number of benzene rings is 1. The summed E-state index contributed by atoms with van der Waals surface area (Å²) < 4.78 is 17.2. The summed E-state index contributed by atoms with van der Waals surface area (Å²) >= 11 is 0. The van der Waals surface area contributed by atoms with E-state index in [0.29, 0.717) is 6.61 Å². The molecule has 226 valence electrons. The van der Waals surface area contributed by atoms with Gasteiger partial charge in [0.2, 0.25) is 5.88 Å². The number of esters is 1. The molecule has 10 heteroatoms. The van der Waals surface area contributed by atoms with Gasteiger partial charge in [-0.15, -0.1) is 0 Å². The zero-order valence-electron chi connectivity index (χ0n) is 26.5. The molecule has 0 unspecified atom stereocenters. The van der Waals surface area contributed by atoms with Gasteiger partial charge in [-0.1, -0.05) is 47.6 Å². The van der Waals surface area contributed by atoms with E-state index in [1.165, 1.54) is 25.3 Å². The number of pyridine rings is 1. The van der Waals surface area contributed by atoms with Crippen molar-refractivity contribution in [1.29, 1.82) is 0 Å². The van der Waals surface area contributed by atoms with Crippen LogP contribution in [0.15, 0.2) is 30.3 Å². The number of amides is 1. The molecule has 9 nitrogen and oxygen atoms in total. The predicted octanol–water partition coefficient (Wildman–Crippen LogP) is 6.58. The minimum absolute atomic E-state index is 0.0166. The van der Waals surface area contributed by atoms with Crippen LogP contribution in [-0.2, 0) is 9.16 Å². The van der Waals surface area contributed by atoms with Crippen LogP contribution in [0, 0.1) is 5.41 Å². The number of carboxylic acids is 1. The first-order valence-electron chi connectivity index (χ1n) is 13.7. The number of aromatic nitrogens is 1. The highest BCUT2D eigenvalue weighted by molar-refractivity contribution is 6.74. The minimum atomic E-state index is -2.07. The number of aromatic carboxylic acids is 1. The molecule has 0 bridgehead atoms. The fourth-order valence-corrected chi connectivity index (χ4v) is 4.63. The number of ether oxygens (including phenoxy) is 2. The summed E-state index contributed by atoms with van der Waals surface area (Å²) in [5.74, 6) is -2.24. The molecule has 0 radical (unpaired) electrons. The Balaban J connectivity index is 2.56. The van der Waals surface area contributed by atoms with Crippen LogP contribution in [0.25, 0.3) is 11.1 Å². The third-order valence-electron chi connectivity index (χ3n) is 7.24. The van der Waals surface area contributed by atoms with Crippen molar-refractivity contribution in [2.75, 3.05) is 13.7 Å². The SMILES string of the molecule is COc1ccc(-c2ccc(C(=O)N[C@H](CO[Si](C)(C)C(C)(C)C)C(C)(C)C)cc2C(=O)OC(C)(C)C)c(C(=O)O)n1. The van der Waals surface area contributed by atoms with Crippen LogP contribution in [0.2, 0.25) is 18.1 Å². The van der Waals surface area contributed by atoms with Crippen LogP contribution >= 0.6 is 0 Å². The molecule has 1 aromatic heterocycles. The zero-order valence-corrected chi connectivity index (χ0v) is 27.5. The summed E-state index contributed by atoms with van der Waals surface area (Å²) in [7, 11) is -0.681. The molecule has 0 saturated carbocycles. The summed E-state index contributed by atoms with van der Waals surface area (Å²) in [6.45, 7) is 22.5. The molecule has 2 aromatic rings. The maximum atomic E-state index is 13.6. The van der Waals surface area contributed by atoms with Gasteiger partial charge in [0.05, 0.1) is 25.3 Å². The molecule has 0 aliphatic carbocycles. The number of carbonyl (C=O) groups is 3. The first-order chi connectivity index (χ1) is 18.6. The van der Waals surface area contributed by atoms with E-state index in [1.54, 1.807) is 32.9 Å². The zero-order chi connectivity index (χ0) is 31.6. The normalized spacial score (nSPS) is 13.4. The van der Waals surface area contributed by atoms with E-state index in [4.69, 9.17) is 13.9 Å².